The number of hydrogen-bond donors (Lipinski definition) is 1. The van der Waals surface area contributed by atoms with Gasteiger partial charge >= 0.3 is 5.69 Å². The van der Waals surface area contributed by atoms with E-state index in [1.165, 1.54) is 54.6 Å². The summed E-state index contributed by atoms with van der Waals surface area (Å²) in [6.45, 7) is 0. The zero-order chi connectivity index (χ0) is 13.8. The Morgan fingerprint density at radius 2 is 2.00 bits per heavy atom. The van der Waals surface area contributed by atoms with Gasteiger partial charge in [-0.3, -0.25) is 15.0 Å². The number of hydrogen-bond acceptors (Lipinski definition) is 4. The average Bonchev–Trinajstić information content (AvgIpc) is 2.41. The lowest BCUT2D eigenvalue weighted by Crippen LogP contribution is -2.39. The minimum Gasteiger partial charge on any atom is -0.345 e. The maximum Gasteiger partial charge on any atom is 0.305 e. The fourth-order valence-corrected chi connectivity index (χ4v) is 1.53. The van der Waals surface area contributed by atoms with Gasteiger partial charge in [-0.25, -0.2) is 4.39 Å². The third-order valence-corrected chi connectivity index (χ3v) is 2.44. The van der Waals surface area contributed by atoms with Crippen LogP contribution in [0.2, 0.25) is 0 Å². The van der Waals surface area contributed by atoms with Crippen molar-refractivity contribution in [3.8, 4) is 0 Å². The summed E-state index contributed by atoms with van der Waals surface area (Å²) < 4.78 is 14.1. The Kier molecular flexibility index (Phi) is 3.56. The monoisotopic (exact) mass is 264 g/mol. The number of rotatable bonds is 4. The zero-order valence-electron chi connectivity index (χ0n) is 10.0. The zero-order valence-corrected chi connectivity index (χ0v) is 10.0. The fourth-order valence-electron chi connectivity index (χ4n) is 1.53. The highest BCUT2D eigenvalue weighted by Gasteiger charge is 2.19. The Labute approximate surface area is 108 Å². The van der Waals surface area contributed by atoms with Gasteiger partial charge in [0.15, 0.2) is 5.69 Å². The summed E-state index contributed by atoms with van der Waals surface area (Å²) in [6, 6.07) is 6.82. The van der Waals surface area contributed by atoms with Crippen LogP contribution >= 0.6 is 0 Å². The first-order valence-electron chi connectivity index (χ1n) is 5.37. The number of nitrogens with zero attached hydrogens (tertiary/aromatic N) is 2. The van der Waals surface area contributed by atoms with E-state index in [9.17, 15) is 14.5 Å². The van der Waals surface area contributed by atoms with Crippen molar-refractivity contribution >= 4 is 17.1 Å². The van der Waals surface area contributed by atoms with Gasteiger partial charge in [-0.1, -0.05) is 0 Å². The summed E-state index contributed by atoms with van der Waals surface area (Å²) >= 11 is 0. The SMILES string of the molecule is CO[n+]1ccc([N+](=O)[O-])c(Nc2ccc(F)cc2)c1. The number of aromatic nitrogens is 1. The Bertz CT molecular complexity index is 602. The van der Waals surface area contributed by atoms with E-state index in [2.05, 4.69) is 5.32 Å². The predicted octanol–water partition coefficient (Wildman–Crippen LogP) is 1.82. The molecule has 1 aromatic heterocycles. The van der Waals surface area contributed by atoms with Crippen molar-refractivity contribution in [3.05, 3.63) is 58.7 Å². The number of pyridine rings is 1. The third-order valence-electron chi connectivity index (χ3n) is 2.44. The molecule has 0 spiro atoms. The van der Waals surface area contributed by atoms with E-state index >= 15 is 0 Å². The molecule has 7 heteroatoms. The van der Waals surface area contributed by atoms with Crippen LogP contribution in [0.25, 0.3) is 0 Å². The van der Waals surface area contributed by atoms with Crippen molar-refractivity contribution in [2.75, 3.05) is 12.4 Å². The molecule has 19 heavy (non-hydrogen) atoms. The summed E-state index contributed by atoms with van der Waals surface area (Å²) in [5, 5.41) is 13.8. The first kappa shape index (κ1) is 12.7. The van der Waals surface area contributed by atoms with Crippen LogP contribution in [0.15, 0.2) is 42.7 Å². The highest BCUT2D eigenvalue weighted by atomic mass is 19.1. The van der Waals surface area contributed by atoms with Crippen molar-refractivity contribution in [1.82, 2.24) is 0 Å². The number of halogens is 1. The Balaban J connectivity index is 2.36. The summed E-state index contributed by atoms with van der Waals surface area (Å²) in [6.07, 6.45) is 2.86. The lowest BCUT2D eigenvalue weighted by molar-refractivity contribution is -0.885. The first-order valence-corrected chi connectivity index (χ1v) is 5.37. The van der Waals surface area contributed by atoms with Gasteiger partial charge in [-0.15, -0.1) is 0 Å². The second kappa shape index (κ2) is 5.30. The van der Waals surface area contributed by atoms with Crippen LogP contribution in [-0.4, -0.2) is 12.0 Å². The second-order valence-electron chi connectivity index (χ2n) is 3.68. The molecule has 0 aliphatic carbocycles. The van der Waals surface area contributed by atoms with E-state index in [0.717, 1.165) is 0 Å². The van der Waals surface area contributed by atoms with Crippen molar-refractivity contribution in [3.63, 3.8) is 0 Å². The molecular formula is C12H11FN3O3+. The molecule has 0 fully saturated rings. The smallest absolute Gasteiger partial charge is 0.305 e. The standard InChI is InChI=1S/C12H11FN3O3/c1-19-15-7-6-12(16(17)18)11(8-15)14-10-4-2-9(13)3-5-10/h2-8,14H,1H3/q+1. The topological polar surface area (TPSA) is 68.3 Å². The number of benzene rings is 1. The van der Waals surface area contributed by atoms with Gasteiger partial charge in [0.25, 0.3) is 6.20 Å². The lowest BCUT2D eigenvalue weighted by Gasteiger charge is -2.05. The van der Waals surface area contributed by atoms with Crippen molar-refractivity contribution in [2.45, 2.75) is 0 Å². The van der Waals surface area contributed by atoms with E-state index in [4.69, 9.17) is 4.84 Å². The van der Waals surface area contributed by atoms with Crippen molar-refractivity contribution < 1.29 is 18.9 Å². The van der Waals surface area contributed by atoms with Gasteiger partial charge in [0.05, 0.1) is 11.0 Å². The molecule has 0 aliphatic heterocycles. The van der Waals surface area contributed by atoms with Crippen LogP contribution in [0.3, 0.4) is 0 Å². The van der Waals surface area contributed by atoms with Gasteiger partial charge in [0, 0.05) is 10.4 Å². The van der Waals surface area contributed by atoms with Crippen LogP contribution in [0, 0.1) is 15.9 Å². The Morgan fingerprint density at radius 3 is 2.58 bits per heavy atom. The minimum atomic E-state index is -0.508. The van der Waals surface area contributed by atoms with E-state index in [1.807, 2.05) is 0 Å². The number of nitro groups is 1. The minimum absolute atomic E-state index is 0.0994. The largest absolute Gasteiger partial charge is 0.345 e. The van der Waals surface area contributed by atoms with Crippen LogP contribution in [0.4, 0.5) is 21.5 Å². The van der Waals surface area contributed by atoms with E-state index in [-0.39, 0.29) is 17.2 Å². The molecule has 1 heterocycles. The van der Waals surface area contributed by atoms with Gasteiger partial charge in [-0.2, -0.15) is 0 Å². The molecule has 6 nitrogen and oxygen atoms in total. The van der Waals surface area contributed by atoms with Gasteiger partial charge in [-0.05, 0) is 24.3 Å². The second-order valence-corrected chi connectivity index (χ2v) is 3.68. The molecular weight excluding hydrogens is 253 g/mol. The Morgan fingerprint density at radius 1 is 1.32 bits per heavy atom. The normalized spacial score (nSPS) is 10.0. The van der Waals surface area contributed by atoms with Gasteiger partial charge < -0.3 is 5.32 Å². The molecule has 0 bridgehead atoms. The molecule has 1 N–H and O–H groups in total. The fraction of sp³-hybridized carbons (Fsp3) is 0.0833. The third kappa shape index (κ3) is 2.95. The van der Waals surface area contributed by atoms with Crippen LogP contribution in [0.5, 0.6) is 0 Å². The van der Waals surface area contributed by atoms with E-state index < -0.39 is 4.92 Å². The summed E-state index contributed by atoms with van der Waals surface area (Å²) in [5.41, 5.74) is 0.692. The lowest BCUT2D eigenvalue weighted by atomic mass is 10.3. The molecule has 0 radical (unpaired) electrons. The number of nitrogens with one attached hydrogen (secondary N) is 1. The van der Waals surface area contributed by atoms with Crippen LogP contribution in [-0.2, 0) is 0 Å². The first-order chi connectivity index (χ1) is 9.10. The molecule has 0 saturated heterocycles. The molecule has 0 atom stereocenters. The molecule has 0 amide bonds. The highest BCUT2D eigenvalue weighted by molar-refractivity contribution is 5.67. The summed E-state index contributed by atoms with van der Waals surface area (Å²) in [5.74, 6) is -0.375. The maximum atomic E-state index is 12.8. The summed E-state index contributed by atoms with van der Waals surface area (Å²) in [7, 11) is 1.44. The van der Waals surface area contributed by atoms with Gasteiger partial charge in [0.2, 0.25) is 6.20 Å². The molecule has 2 aromatic rings. The van der Waals surface area contributed by atoms with Crippen molar-refractivity contribution in [2.24, 2.45) is 0 Å². The predicted molar refractivity (Wildman–Crippen MR) is 65.5 cm³/mol. The molecule has 2 rings (SSSR count). The molecule has 0 unspecified atom stereocenters. The molecule has 1 aromatic carbocycles. The van der Waals surface area contributed by atoms with E-state index in [0.29, 0.717) is 5.69 Å². The van der Waals surface area contributed by atoms with Crippen LogP contribution < -0.4 is 14.9 Å². The van der Waals surface area contributed by atoms with Crippen molar-refractivity contribution in [1.29, 1.82) is 0 Å². The number of anilines is 2. The molecule has 98 valence electrons. The average molecular weight is 264 g/mol. The Hall–Kier alpha value is -2.70. The van der Waals surface area contributed by atoms with Gasteiger partial charge in [0.1, 0.15) is 12.9 Å². The molecule has 0 aliphatic rings. The highest BCUT2D eigenvalue weighted by Crippen LogP contribution is 2.25. The maximum absolute atomic E-state index is 12.8. The quantitative estimate of drug-likeness (QED) is 0.519. The molecule has 0 saturated carbocycles. The van der Waals surface area contributed by atoms with E-state index in [1.54, 1.807) is 0 Å². The van der Waals surface area contributed by atoms with Crippen LogP contribution in [0.1, 0.15) is 0 Å². The summed E-state index contributed by atoms with van der Waals surface area (Å²) in [4.78, 5) is 15.4.